The van der Waals surface area contributed by atoms with Gasteiger partial charge in [0, 0.05) is 43.9 Å². The first-order chi connectivity index (χ1) is 8.24. The van der Waals surface area contributed by atoms with Crippen molar-refractivity contribution in [3.05, 3.63) is 42.9 Å². The van der Waals surface area contributed by atoms with Crippen LogP contribution in [0.2, 0.25) is 0 Å². The molecule has 4 heteroatoms. The Bertz CT molecular complexity index is 663. The van der Waals surface area contributed by atoms with Crippen LogP contribution in [0, 0.1) is 0 Å². The van der Waals surface area contributed by atoms with Crippen LogP contribution in [0.4, 0.5) is 11.6 Å². The minimum atomic E-state index is 0.846. The van der Waals surface area contributed by atoms with Crippen molar-refractivity contribution in [2.75, 3.05) is 5.32 Å². The second-order valence-electron chi connectivity index (χ2n) is 4.19. The Kier molecular flexibility index (Phi) is 2.14. The zero-order valence-electron chi connectivity index (χ0n) is 9.88. The molecule has 86 valence electrons. The van der Waals surface area contributed by atoms with Gasteiger partial charge in [0.2, 0.25) is 5.95 Å². The first-order valence-electron chi connectivity index (χ1n) is 5.53. The summed E-state index contributed by atoms with van der Waals surface area (Å²) >= 11 is 0. The lowest BCUT2D eigenvalue weighted by Crippen LogP contribution is -1.98. The molecule has 0 amide bonds. The standard InChI is InChI=1S/C13H14N4/c1-16-7-5-10-3-4-11(9-12(10)16)15-13-14-6-8-17(13)2/h3-9H,1-2H3,(H,14,15). The molecule has 0 atom stereocenters. The number of aromatic nitrogens is 3. The van der Waals surface area contributed by atoms with Crippen LogP contribution in [0.15, 0.2) is 42.9 Å². The molecule has 0 unspecified atom stereocenters. The Labute approximate surface area is 99.5 Å². The molecule has 1 N–H and O–H groups in total. The number of nitrogens with zero attached hydrogens (tertiary/aromatic N) is 3. The molecule has 4 nitrogen and oxygen atoms in total. The van der Waals surface area contributed by atoms with E-state index in [1.54, 1.807) is 6.20 Å². The molecule has 0 fully saturated rings. The van der Waals surface area contributed by atoms with Gasteiger partial charge in [-0.25, -0.2) is 4.98 Å². The number of benzene rings is 1. The molecule has 2 aromatic heterocycles. The van der Waals surface area contributed by atoms with Crippen molar-refractivity contribution in [2.24, 2.45) is 14.1 Å². The van der Waals surface area contributed by atoms with Gasteiger partial charge < -0.3 is 14.5 Å². The maximum absolute atomic E-state index is 4.25. The van der Waals surface area contributed by atoms with E-state index in [4.69, 9.17) is 0 Å². The number of anilines is 2. The van der Waals surface area contributed by atoms with Gasteiger partial charge in [0.1, 0.15) is 0 Å². The monoisotopic (exact) mass is 226 g/mol. The fourth-order valence-corrected chi connectivity index (χ4v) is 1.96. The van der Waals surface area contributed by atoms with Crippen molar-refractivity contribution in [1.29, 1.82) is 0 Å². The third-order valence-corrected chi connectivity index (χ3v) is 2.97. The van der Waals surface area contributed by atoms with Gasteiger partial charge in [-0.1, -0.05) is 6.07 Å². The summed E-state index contributed by atoms with van der Waals surface area (Å²) in [4.78, 5) is 4.25. The smallest absolute Gasteiger partial charge is 0.207 e. The zero-order valence-corrected chi connectivity index (χ0v) is 9.88. The topological polar surface area (TPSA) is 34.8 Å². The molecule has 1 aromatic carbocycles. The van der Waals surface area contributed by atoms with E-state index in [2.05, 4.69) is 45.3 Å². The average molecular weight is 226 g/mol. The Morgan fingerprint density at radius 2 is 1.94 bits per heavy atom. The molecule has 0 bridgehead atoms. The van der Waals surface area contributed by atoms with Crippen LogP contribution in [0.25, 0.3) is 10.9 Å². The van der Waals surface area contributed by atoms with Crippen LogP contribution in [0.1, 0.15) is 0 Å². The minimum absolute atomic E-state index is 0.846. The first-order valence-corrected chi connectivity index (χ1v) is 5.53. The van der Waals surface area contributed by atoms with Gasteiger partial charge in [-0.05, 0) is 23.6 Å². The summed E-state index contributed by atoms with van der Waals surface area (Å²) in [5, 5.41) is 4.55. The molecule has 2 heterocycles. The second kappa shape index (κ2) is 3.66. The molecular formula is C13H14N4. The van der Waals surface area contributed by atoms with Gasteiger partial charge in [0.25, 0.3) is 0 Å². The molecule has 3 rings (SSSR count). The lowest BCUT2D eigenvalue weighted by molar-refractivity contribution is 0.924. The molecule has 0 aliphatic rings. The van der Waals surface area contributed by atoms with Crippen LogP contribution < -0.4 is 5.32 Å². The lowest BCUT2D eigenvalue weighted by atomic mass is 10.2. The molecule has 0 aliphatic carbocycles. The predicted octanol–water partition coefficient (Wildman–Crippen LogP) is 2.66. The molecule has 17 heavy (non-hydrogen) atoms. The highest BCUT2D eigenvalue weighted by Crippen LogP contribution is 2.21. The van der Waals surface area contributed by atoms with Crippen LogP contribution in [-0.2, 0) is 14.1 Å². The van der Waals surface area contributed by atoms with Crippen molar-refractivity contribution >= 4 is 22.5 Å². The molecule has 0 saturated heterocycles. The van der Waals surface area contributed by atoms with Crippen molar-refractivity contribution in [3.63, 3.8) is 0 Å². The summed E-state index contributed by atoms with van der Waals surface area (Å²) < 4.78 is 4.06. The highest BCUT2D eigenvalue weighted by molar-refractivity contribution is 5.84. The number of nitrogens with one attached hydrogen (secondary N) is 1. The Hall–Kier alpha value is -2.23. The molecule has 0 saturated carbocycles. The maximum atomic E-state index is 4.25. The lowest BCUT2D eigenvalue weighted by Gasteiger charge is -2.06. The molecular weight excluding hydrogens is 212 g/mol. The summed E-state index contributed by atoms with van der Waals surface area (Å²) in [6, 6.07) is 8.42. The fourth-order valence-electron chi connectivity index (χ4n) is 1.96. The van der Waals surface area contributed by atoms with E-state index in [-0.39, 0.29) is 0 Å². The zero-order chi connectivity index (χ0) is 11.8. The highest BCUT2D eigenvalue weighted by atomic mass is 15.2. The second-order valence-corrected chi connectivity index (χ2v) is 4.19. The van der Waals surface area contributed by atoms with Gasteiger partial charge in [-0.15, -0.1) is 0 Å². The highest BCUT2D eigenvalue weighted by Gasteiger charge is 2.02. The molecule has 3 aromatic rings. The van der Waals surface area contributed by atoms with Gasteiger partial charge in [-0.3, -0.25) is 0 Å². The van der Waals surface area contributed by atoms with Gasteiger partial charge >= 0.3 is 0 Å². The molecule has 0 spiro atoms. The number of fused-ring (bicyclic) bond motifs is 1. The summed E-state index contributed by atoms with van der Waals surface area (Å²) in [5.41, 5.74) is 2.26. The van der Waals surface area contributed by atoms with Crippen LogP contribution in [0.5, 0.6) is 0 Å². The van der Waals surface area contributed by atoms with E-state index < -0.39 is 0 Å². The van der Waals surface area contributed by atoms with Crippen molar-refractivity contribution in [2.45, 2.75) is 0 Å². The maximum Gasteiger partial charge on any atom is 0.207 e. The van der Waals surface area contributed by atoms with E-state index in [0.717, 1.165) is 11.6 Å². The summed E-state index contributed by atoms with van der Waals surface area (Å²) in [7, 11) is 4.02. The Morgan fingerprint density at radius 1 is 1.06 bits per heavy atom. The Balaban J connectivity index is 2.01. The largest absolute Gasteiger partial charge is 0.350 e. The molecule has 0 radical (unpaired) electrons. The van der Waals surface area contributed by atoms with Gasteiger partial charge in [-0.2, -0.15) is 0 Å². The third kappa shape index (κ3) is 1.67. The van der Waals surface area contributed by atoms with Crippen LogP contribution in [0.3, 0.4) is 0 Å². The number of hydrogen-bond donors (Lipinski definition) is 1. The van der Waals surface area contributed by atoms with E-state index in [1.165, 1.54) is 10.9 Å². The number of hydrogen-bond acceptors (Lipinski definition) is 2. The summed E-state index contributed by atoms with van der Waals surface area (Å²) in [6.45, 7) is 0. The predicted molar refractivity (Wildman–Crippen MR) is 69.4 cm³/mol. The van der Waals surface area contributed by atoms with Crippen LogP contribution in [-0.4, -0.2) is 14.1 Å². The van der Waals surface area contributed by atoms with Gasteiger partial charge in [0.15, 0.2) is 0 Å². The van der Waals surface area contributed by atoms with E-state index in [1.807, 2.05) is 24.9 Å². The normalized spacial score (nSPS) is 10.9. The van der Waals surface area contributed by atoms with Gasteiger partial charge in [0.05, 0.1) is 0 Å². The number of rotatable bonds is 2. The molecule has 0 aliphatic heterocycles. The summed E-state index contributed by atoms with van der Waals surface area (Å²) in [5.74, 6) is 0.846. The Morgan fingerprint density at radius 3 is 2.71 bits per heavy atom. The average Bonchev–Trinajstić information content (AvgIpc) is 2.88. The first kappa shape index (κ1) is 9.96. The summed E-state index contributed by atoms with van der Waals surface area (Å²) in [6.07, 6.45) is 5.77. The van der Waals surface area contributed by atoms with Crippen molar-refractivity contribution in [3.8, 4) is 0 Å². The number of imidazole rings is 1. The van der Waals surface area contributed by atoms with E-state index in [0.29, 0.717) is 0 Å². The number of aryl methyl sites for hydroxylation is 2. The van der Waals surface area contributed by atoms with E-state index >= 15 is 0 Å². The third-order valence-electron chi connectivity index (χ3n) is 2.97. The fraction of sp³-hybridized carbons (Fsp3) is 0.154. The van der Waals surface area contributed by atoms with Crippen molar-refractivity contribution < 1.29 is 0 Å². The van der Waals surface area contributed by atoms with Crippen molar-refractivity contribution in [1.82, 2.24) is 14.1 Å². The SMILES string of the molecule is Cn1ccnc1Nc1ccc2ccn(C)c2c1. The minimum Gasteiger partial charge on any atom is -0.350 e. The quantitative estimate of drug-likeness (QED) is 0.729. The van der Waals surface area contributed by atoms with E-state index in [9.17, 15) is 0 Å². The van der Waals surface area contributed by atoms with Crippen LogP contribution >= 0.6 is 0 Å².